The molecule has 1 atom stereocenters. The number of aromatic carboxylic acids is 1. The topological polar surface area (TPSA) is 79.3 Å². The third kappa shape index (κ3) is 2.31. The second-order valence-corrected chi connectivity index (χ2v) is 5.95. The van der Waals surface area contributed by atoms with E-state index in [-0.39, 0.29) is 21.8 Å². The third-order valence-corrected chi connectivity index (χ3v) is 4.05. The fourth-order valence-corrected chi connectivity index (χ4v) is 2.53. The molecule has 17 heavy (non-hydrogen) atoms. The summed E-state index contributed by atoms with van der Waals surface area (Å²) in [7, 11) is 0. The summed E-state index contributed by atoms with van der Waals surface area (Å²) < 4.78 is 0. The van der Waals surface area contributed by atoms with Crippen molar-refractivity contribution in [3.8, 4) is 0 Å². The van der Waals surface area contributed by atoms with Crippen LogP contribution in [-0.4, -0.2) is 27.9 Å². The molecule has 5 nitrogen and oxygen atoms in total. The summed E-state index contributed by atoms with van der Waals surface area (Å²) >= 11 is 1.11. The van der Waals surface area contributed by atoms with Gasteiger partial charge in [0.15, 0.2) is 16.6 Å². The summed E-state index contributed by atoms with van der Waals surface area (Å²) in [5, 5.41) is 12.6. The molecule has 0 radical (unpaired) electrons. The molecule has 0 bridgehead atoms. The van der Waals surface area contributed by atoms with Crippen molar-refractivity contribution in [1.82, 2.24) is 4.98 Å². The number of anilines is 1. The van der Waals surface area contributed by atoms with Gasteiger partial charge in [-0.2, -0.15) is 0 Å². The normalized spacial score (nSPS) is 21.0. The standard InChI is InChI=1S/C11H14N2O3S/c1-5(14)8-7(9(15)16)13-10(17-8)12-6-4-11(6,2)3/h6H,4H2,1-3H3,(H,12,13)(H,15,16). The molecule has 0 aliphatic heterocycles. The van der Waals surface area contributed by atoms with Gasteiger partial charge >= 0.3 is 5.97 Å². The number of ketones is 1. The molecule has 2 rings (SSSR count). The fourth-order valence-electron chi connectivity index (χ4n) is 1.63. The monoisotopic (exact) mass is 254 g/mol. The van der Waals surface area contributed by atoms with Crippen molar-refractivity contribution >= 4 is 28.2 Å². The molecule has 1 fully saturated rings. The van der Waals surface area contributed by atoms with E-state index in [1.807, 2.05) is 0 Å². The number of nitrogens with zero attached hydrogens (tertiary/aromatic N) is 1. The van der Waals surface area contributed by atoms with Gasteiger partial charge in [-0.3, -0.25) is 4.79 Å². The van der Waals surface area contributed by atoms with Crippen LogP contribution in [0, 0.1) is 5.41 Å². The van der Waals surface area contributed by atoms with Crippen molar-refractivity contribution in [3.63, 3.8) is 0 Å². The lowest BCUT2D eigenvalue weighted by Gasteiger charge is -2.03. The zero-order chi connectivity index (χ0) is 12.8. The van der Waals surface area contributed by atoms with Crippen molar-refractivity contribution in [3.05, 3.63) is 10.6 Å². The molecule has 1 heterocycles. The highest BCUT2D eigenvalue weighted by Crippen LogP contribution is 2.47. The number of thiazole rings is 1. The minimum atomic E-state index is -1.16. The Kier molecular flexibility index (Phi) is 2.69. The lowest BCUT2D eigenvalue weighted by atomic mass is 10.2. The molecule has 1 aromatic heterocycles. The number of hydrogen-bond acceptors (Lipinski definition) is 5. The SMILES string of the molecule is CC(=O)c1sc(NC2CC2(C)C)nc1C(=O)O. The molecular weight excluding hydrogens is 240 g/mol. The summed E-state index contributed by atoms with van der Waals surface area (Å²) in [5.41, 5.74) is 0.0780. The number of rotatable bonds is 4. The van der Waals surface area contributed by atoms with Gasteiger partial charge < -0.3 is 10.4 Å². The van der Waals surface area contributed by atoms with E-state index in [4.69, 9.17) is 5.11 Å². The van der Waals surface area contributed by atoms with E-state index in [2.05, 4.69) is 24.1 Å². The average molecular weight is 254 g/mol. The van der Waals surface area contributed by atoms with Crippen LogP contribution in [0.25, 0.3) is 0 Å². The second kappa shape index (κ2) is 3.80. The van der Waals surface area contributed by atoms with Gasteiger partial charge in [0.25, 0.3) is 0 Å². The number of carbonyl (C=O) groups excluding carboxylic acids is 1. The van der Waals surface area contributed by atoms with Crippen molar-refractivity contribution in [1.29, 1.82) is 0 Å². The number of carboxylic acids is 1. The van der Waals surface area contributed by atoms with Gasteiger partial charge in [-0.15, -0.1) is 0 Å². The molecule has 1 saturated carbocycles. The molecule has 0 saturated heterocycles. The summed E-state index contributed by atoms with van der Waals surface area (Å²) in [6.45, 7) is 5.61. The van der Waals surface area contributed by atoms with Gasteiger partial charge in [0, 0.05) is 13.0 Å². The third-order valence-electron chi connectivity index (χ3n) is 2.96. The summed E-state index contributed by atoms with van der Waals surface area (Å²) in [4.78, 5) is 26.4. The molecule has 1 aliphatic carbocycles. The maximum atomic E-state index is 11.3. The molecule has 6 heteroatoms. The predicted octanol–water partition coefficient (Wildman–Crippen LogP) is 2.25. The highest BCUT2D eigenvalue weighted by molar-refractivity contribution is 7.17. The van der Waals surface area contributed by atoms with Gasteiger partial charge in [-0.25, -0.2) is 9.78 Å². The highest BCUT2D eigenvalue weighted by atomic mass is 32.1. The Hall–Kier alpha value is -1.43. The Labute approximate surface area is 103 Å². The van der Waals surface area contributed by atoms with Crippen molar-refractivity contribution in [2.24, 2.45) is 5.41 Å². The van der Waals surface area contributed by atoms with Crippen LogP contribution in [0.5, 0.6) is 0 Å². The molecular formula is C11H14N2O3S. The average Bonchev–Trinajstić information content (AvgIpc) is 2.60. The molecule has 2 N–H and O–H groups in total. The number of hydrogen-bond donors (Lipinski definition) is 2. The summed E-state index contributed by atoms with van der Waals surface area (Å²) in [5.74, 6) is -1.42. The Balaban J connectivity index is 2.22. The number of nitrogens with one attached hydrogen (secondary N) is 1. The maximum absolute atomic E-state index is 11.3. The van der Waals surface area contributed by atoms with E-state index in [9.17, 15) is 9.59 Å². The van der Waals surface area contributed by atoms with Crippen molar-refractivity contribution in [2.45, 2.75) is 33.2 Å². The first-order valence-electron chi connectivity index (χ1n) is 5.33. The Morgan fingerprint density at radius 2 is 2.12 bits per heavy atom. The van der Waals surface area contributed by atoms with E-state index in [1.54, 1.807) is 0 Å². The first-order valence-corrected chi connectivity index (χ1v) is 6.14. The van der Waals surface area contributed by atoms with E-state index < -0.39 is 5.97 Å². The lowest BCUT2D eigenvalue weighted by Crippen LogP contribution is -2.08. The first kappa shape index (κ1) is 12.0. The van der Waals surface area contributed by atoms with Crippen molar-refractivity contribution < 1.29 is 14.7 Å². The van der Waals surface area contributed by atoms with Gasteiger partial charge in [-0.05, 0) is 11.8 Å². The Bertz CT molecular complexity index is 461. The van der Waals surface area contributed by atoms with Gasteiger partial charge in [-0.1, -0.05) is 25.2 Å². The van der Waals surface area contributed by atoms with E-state index >= 15 is 0 Å². The quantitative estimate of drug-likeness (QED) is 0.806. The molecule has 0 aromatic carbocycles. The lowest BCUT2D eigenvalue weighted by molar-refractivity contribution is 0.0687. The summed E-state index contributed by atoms with van der Waals surface area (Å²) in [6.07, 6.45) is 1.03. The highest BCUT2D eigenvalue weighted by Gasteiger charge is 2.46. The zero-order valence-corrected chi connectivity index (χ0v) is 10.7. The molecule has 1 aliphatic rings. The summed E-state index contributed by atoms with van der Waals surface area (Å²) in [6, 6.07) is 0.315. The van der Waals surface area contributed by atoms with Crippen molar-refractivity contribution in [2.75, 3.05) is 5.32 Å². The van der Waals surface area contributed by atoms with Crippen LogP contribution in [0.4, 0.5) is 5.13 Å². The zero-order valence-electron chi connectivity index (χ0n) is 9.90. The molecule has 1 aromatic rings. The number of carboxylic acid groups (broad SMARTS) is 1. The minimum Gasteiger partial charge on any atom is -0.476 e. The van der Waals surface area contributed by atoms with Crippen LogP contribution < -0.4 is 5.32 Å². The van der Waals surface area contributed by atoms with Crippen LogP contribution >= 0.6 is 11.3 Å². The number of aromatic nitrogens is 1. The van der Waals surface area contributed by atoms with Gasteiger partial charge in [0.05, 0.1) is 0 Å². The van der Waals surface area contributed by atoms with Crippen LogP contribution in [0.3, 0.4) is 0 Å². The second-order valence-electron chi connectivity index (χ2n) is 4.95. The predicted molar refractivity (Wildman–Crippen MR) is 64.9 cm³/mol. The molecule has 0 spiro atoms. The fraction of sp³-hybridized carbons (Fsp3) is 0.545. The minimum absolute atomic E-state index is 0.150. The van der Waals surface area contributed by atoms with Crippen LogP contribution in [0.2, 0.25) is 0 Å². The van der Waals surface area contributed by atoms with Gasteiger partial charge in [0.2, 0.25) is 0 Å². The molecule has 1 unspecified atom stereocenters. The first-order chi connectivity index (χ1) is 7.81. The van der Waals surface area contributed by atoms with E-state index in [0.29, 0.717) is 11.2 Å². The van der Waals surface area contributed by atoms with E-state index in [0.717, 1.165) is 17.8 Å². The van der Waals surface area contributed by atoms with Crippen LogP contribution in [0.1, 0.15) is 47.4 Å². The van der Waals surface area contributed by atoms with Gasteiger partial charge in [0.1, 0.15) is 4.88 Å². The number of Topliss-reactive ketones (excluding diaryl/α,β-unsaturated/α-hetero) is 1. The Morgan fingerprint density at radius 1 is 1.53 bits per heavy atom. The largest absolute Gasteiger partial charge is 0.476 e. The Morgan fingerprint density at radius 3 is 2.47 bits per heavy atom. The number of carbonyl (C=O) groups is 2. The van der Waals surface area contributed by atoms with E-state index in [1.165, 1.54) is 6.92 Å². The molecule has 92 valence electrons. The smallest absolute Gasteiger partial charge is 0.356 e. The maximum Gasteiger partial charge on any atom is 0.356 e. The van der Waals surface area contributed by atoms with Crippen LogP contribution in [-0.2, 0) is 0 Å². The molecule has 0 amide bonds. The van der Waals surface area contributed by atoms with Crippen LogP contribution in [0.15, 0.2) is 0 Å².